The zero-order valence-electron chi connectivity index (χ0n) is 10.4. The summed E-state index contributed by atoms with van der Waals surface area (Å²) in [5.41, 5.74) is 0.648. The molecule has 0 saturated heterocycles. The van der Waals surface area contributed by atoms with Crippen molar-refractivity contribution in [3.63, 3.8) is 0 Å². The summed E-state index contributed by atoms with van der Waals surface area (Å²) in [5.74, 6) is -1.39. The van der Waals surface area contributed by atoms with Gasteiger partial charge in [0.2, 0.25) is 5.91 Å². The number of benzene rings is 1. The molecule has 1 aromatic carbocycles. The third-order valence-corrected chi connectivity index (χ3v) is 2.55. The Balaban J connectivity index is 2.57. The molecule has 1 aromatic rings. The molecule has 7 nitrogen and oxygen atoms in total. The average Bonchev–Trinajstić information content (AvgIpc) is 2.35. The molecule has 0 fully saturated rings. The lowest BCUT2D eigenvalue weighted by Crippen LogP contribution is -2.32. The van der Waals surface area contributed by atoms with Gasteiger partial charge < -0.3 is 10.0 Å². The van der Waals surface area contributed by atoms with Gasteiger partial charge in [0.05, 0.1) is 4.92 Å². The van der Waals surface area contributed by atoms with Crippen LogP contribution in [0.25, 0.3) is 0 Å². The molecule has 102 valence electrons. The molecule has 1 N–H and O–H groups in total. The molecule has 0 unspecified atom stereocenters. The van der Waals surface area contributed by atoms with Crippen molar-refractivity contribution in [3.05, 3.63) is 39.9 Å². The highest BCUT2D eigenvalue weighted by Gasteiger charge is 2.12. The van der Waals surface area contributed by atoms with E-state index in [9.17, 15) is 19.7 Å². The van der Waals surface area contributed by atoms with Crippen LogP contribution in [0.5, 0.6) is 0 Å². The van der Waals surface area contributed by atoms with Crippen molar-refractivity contribution in [3.8, 4) is 0 Å². The second kappa shape index (κ2) is 6.48. The zero-order chi connectivity index (χ0) is 14.4. The van der Waals surface area contributed by atoms with E-state index in [0.29, 0.717) is 12.0 Å². The first-order valence-corrected chi connectivity index (χ1v) is 5.59. The molecule has 0 radical (unpaired) electrons. The highest BCUT2D eigenvalue weighted by atomic mass is 16.6. The number of aryl methyl sites for hydroxylation is 1. The van der Waals surface area contributed by atoms with Crippen molar-refractivity contribution in [1.82, 2.24) is 4.90 Å². The fraction of sp³-hybridized carbons (Fsp3) is 0.333. The van der Waals surface area contributed by atoms with Crippen molar-refractivity contribution < 1.29 is 19.6 Å². The summed E-state index contributed by atoms with van der Waals surface area (Å²) < 4.78 is 0. The van der Waals surface area contributed by atoms with Gasteiger partial charge >= 0.3 is 5.97 Å². The van der Waals surface area contributed by atoms with Crippen LogP contribution in [0, 0.1) is 10.1 Å². The van der Waals surface area contributed by atoms with Gasteiger partial charge in [-0.25, -0.2) is 0 Å². The Morgan fingerprint density at radius 3 is 2.68 bits per heavy atom. The Morgan fingerprint density at radius 1 is 1.42 bits per heavy atom. The number of carbonyl (C=O) groups excluding carboxylic acids is 1. The maximum atomic E-state index is 11.6. The van der Waals surface area contributed by atoms with Crippen LogP contribution < -0.4 is 0 Å². The largest absolute Gasteiger partial charge is 0.480 e. The van der Waals surface area contributed by atoms with Crippen molar-refractivity contribution in [2.75, 3.05) is 13.6 Å². The van der Waals surface area contributed by atoms with E-state index in [1.165, 1.54) is 19.2 Å². The van der Waals surface area contributed by atoms with Crippen LogP contribution in [0.15, 0.2) is 24.3 Å². The molecule has 1 amide bonds. The quantitative estimate of drug-likeness (QED) is 0.613. The summed E-state index contributed by atoms with van der Waals surface area (Å²) in [4.78, 5) is 33.2. The number of nitro groups is 1. The van der Waals surface area contributed by atoms with Crippen molar-refractivity contribution in [2.45, 2.75) is 12.8 Å². The van der Waals surface area contributed by atoms with Crippen LogP contribution in [0.3, 0.4) is 0 Å². The molecule has 0 atom stereocenters. The Kier molecular flexibility index (Phi) is 4.99. The Labute approximate surface area is 109 Å². The number of amides is 1. The lowest BCUT2D eigenvalue weighted by atomic mass is 10.1. The van der Waals surface area contributed by atoms with E-state index in [0.717, 1.165) is 4.90 Å². The van der Waals surface area contributed by atoms with E-state index in [1.807, 2.05) is 0 Å². The van der Waals surface area contributed by atoms with Gasteiger partial charge in [0.25, 0.3) is 5.69 Å². The normalized spacial score (nSPS) is 9.95. The van der Waals surface area contributed by atoms with Gasteiger partial charge in [0.1, 0.15) is 6.54 Å². The van der Waals surface area contributed by atoms with Crippen molar-refractivity contribution in [2.24, 2.45) is 0 Å². The van der Waals surface area contributed by atoms with Crippen LogP contribution in [-0.4, -0.2) is 40.4 Å². The van der Waals surface area contributed by atoms with E-state index >= 15 is 0 Å². The number of non-ortho nitro benzene ring substituents is 1. The van der Waals surface area contributed by atoms with E-state index in [1.54, 1.807) is 12.1 Å². The summed E-state index contributed by atoms with van der Waals surface area (Å²) in [7, 11) is 1.41. The number of hydrogen-bond donors (Lipinski definition) is 1. The molecule has 0 saturated carbocycles. The Bertz CT molecular complexity index is 501. The van der Waals surface area contributed by atoms with Crippen molar-refractivity contribution >= 4 is 17.6 Å². The molecule has 0 aliphatic rings. The molecule has 1 rings (SSSR count). The van der Waals surface area contributed by atoms with Gasteiger partial charge in [0.15, 0.2) is 0 Å². The van der Waals surface area contributed by atoms with Gasteiger partial charge in [0, 0.05) is 25.6 Å². The fourth-order valence-electron chi connectivity index (χ4n) is 1.56. The second-order valence-electron chi connectivity index (χ2n) is 4.07. The summed E-state index contributed by atoms with van der Waals surface area (Å²) in [6, 6.07) is 6.03. The SMILES string of the molecule is CN(CC(=O)O)C(=O)CCc1cccc([N+](=O)[O-])c1. The number of nitro benzene ring substituents is 1. The first-order valence-electron chi connectivity index (χ1n) is 5.59. The highest BCUT2D eigenvalue weighted by Crippen LogP contribution is 2.14. The first-order chi connectivity index (χ1) is 8.90. The third-order valence-electron chi connectivity index (χ3n) is 2.55. The maximum Gasteiger partial charge on any atom is 0.323 e. The van der Waals surface area contributed by atoms with E-state index < -0.39 is 10.9 Å². The zero-order valence-corrected chi connectivity index (χ0v) is 10.4. The van der Waals surface area contributed by atoms with Crippen LogP contribution in [0.2, 0.25) is 0 Å². The van der Waals surface area contributed by atoms with E-state index in [2.05, 4.69) is 0 Å². The summed E-state index contributed by atoms with van der Waals surface area (Å²) >= 11 is 0. The summed E-state index contributed by atoms with van der Waals surface area (Å²) in [6.45, 7) is -0.353. The van der Waals surface area contributed by atoms with Gasteiger partial charge in [-0.15, -0.1) is 0 Å². The van der Waals surface area contributed by atoms with Crippen LogP contribution in [0.1, 0.15) is 12.0 Å². The predicted molar refractivity (Wildman–Crippen MR) is 66.7 cm³/mol. The Morgan fingerprint density at radius 2 is 2.11 bits per heavy atom. The number of carboxylic acid groups (broad SMARTS) is 1. The van der Waals surface area contributed by atoms with Gasteiger partial charge in [-0.2, -0.15) is 0 Å². The topological polar surface area (TPSA) is 101 Å². The first kappa shape index (κ1) is 14.6. The Hall–Kier alpha value is -2.44. The fourth-order valence-corrected chi connectivity index (χ4v) is 1.56. The predicted octanol–water partition coefficient (Wildman–Crippen LogP) is 1.07. The van der Waals surface area contributed by atoms with E-state index in [4.69, 9.17) is 5.11 Å². The number of rotatable bonds is 6. The standard InChI is InChI=1S/C12H14N2O5/c1-13(8-12(16)17)11(15)6-5-9-3-2-4-10(7-9)14(18)19/h2-4,7H,5-6,8H2,1H3,(H,16,17). The molecule has 19 heavy (non-hydrogen) atoms. The van der Waals surface area contributed by atoms with Gasteiger partial charge in [-0.3, -0.25) is 19.7 Å². The molecular weight excluding hydrogens is 252 g/mol. The number of carboxylic acids is 1. The third kappa shape index (κ3) is 4.74. The highest BCUT2D eigenvalue weighted by molar-refractivity contribution is 5.81. The number of nitrogens with zero attached hydrogens (tertiary/aromatic N) is 2. The molecule has 0 spiro atoms. The molecule has 0 aliphatic heterocycles. The molecule has 0 heterocycles. The minimum absolute atomic E-state index is 0.0242. The molecule has 0 aliphatic carbocycles. The summed E-state index contributed by atoms with van der Waals surface area (Å²) in [6.07, 6.45) is 0.454. The van der Waals surface area contributed by atoms with Crippen molar-refractivity contribution in [1.29, 1.82) is 0 Å². The van der Waals surface area contributed by atoms with Crippen LogP contribution in [0.4, 0.5) is 5.69 Å². The lowest BCUT2D eigenvalue weighted by Gasteiger charge is -2.14. The average molecular weight is 266 g/mol. The van der Waals surface area contributed by atoms with Crippen LogP contribution >= 0.6 is 0 Å². The lowest BCUT2D eigenvalue weighted by molar-refractivity contribution is -0.384. The van der Waals surface area contributed by atoms with Gasteiger partial charge in [-0.1, -0.05) is 12.1 Å². The minimum Gasteiger partial charge on any atom is -0.480 e. The molecule has 0 aromatic heterocycles. The smallest absolute Gasteiger partial charge is 0.323 e. The molecular formula is C12H14N2O5. The number of aliphatic carboxylic acids is 1. The number of likely N-dealkylation sites (N-methyl/N-ethyl adjacent to an activating group) is 1. The minimum atomic E-state index is -1.08. The summed E-state index contributed by atoms with van der Waals surface area (Å²) in [5, 5.41) is 19.1. The van der Waals surface area contributed by atoms with Gasteiger partial charge in [-0.05, 0) is 12.0 Å². The van der Waals surface area contributed by atoms with E-state index in [-0.39, 0.29) is 24.6 Å². The molecule has 7 heteroatoms. The number of hydrogen-bond acceptors (Lipinski definition) is 4. The molecule has 0 bridgehead atoms. The number of carbonyl (C=O) groups is 2. The van der Waals surface area contributed by atoms with Crippen LogP contribution in [-0.2, 0) is 16.0 Å². The monoisotopic (exact) mass is 266 g/mol. The second-order valence-corrected chi connectivity index (χ2v) is 4.07. The maximum absolute atomic E-state index is 11.6.